The Morgan fingerprint density at radius 1 is 1.19 bits per heavy atom. The van der Waals surface area contributed by atoms with Crippen molar-refractivity contribution in [2.24, 2.45) is 5.92 Å². The van der Waals surface area contributed by atoms with Crippen molar-refractivity contribution in [1.29, 1.82) is 0 Å². The van der Waals surface area contributed by atoms with Crippen LogP contribution in [0, 0.1) is 5.92 Å². The van der Waals surface area contributed by atoms with Crippen LogP contribution in [-0.2, 0) is 16.2 Å². The van der Waals surface area contributed by atoms with Gasteiger partial charge in [-0.25, -0.2) is 0 Å². The van der Waals surface area contributed by atoms with Gasteiger partial charge in [-0.3, -0.25) is 4.21 Å². The van der Waals surface area contributed by atoms with E-state index in [2.05, 4.69) is 64.2 Å². The first-order chi connectivity index (χ1) is 9.84. The van der Waals surface area contributed by atoms with E-state index in [1.54, 1.807) is 0 Å². The third kappa shape index (κ3) is 3.75. The second-order valence-corrected chi connectivity index (χ2v) is 8.88. The largest absolute Gasteiger partial charge is 0.314 e. The maximum Gasteiger partial charge on any atom is 0.0564 e. The van der Waals surface area contributed by atoms with E-state index in [-0.39, 0.29) is 10.7 Å². The number of nitrogens with one attached hydrogen (secondary N) is 1. The van der Waals surface area contributed by atoms with E-state index in [1.165, 1.54) is 5.56 Å². The molecule has 0 heterocycles. The first-order valence-corrected chi connectivity index (χ1v) is 9.30. The molecule has 1 fully saturated rings. The zero-order valence-corrected chi connectivity index (χ0v) is 14.8. The van der Waals surface area contributed by atoms with Crippen LogP contribution in [0.3, 0.4) is 0 Å². The van der Waals surface area contributed by atoms with E-state index in [9.17, 15) is 4.21 Å². The number of hydrogen-bond donors (Lipinski definition) is 1. The topological polar surface area (TPSA) is 29.1 Å². The number of hydrogen-bond acceptors (Lipinski definition) is 2. The molecule has 4 unspecified atom stereocenters. The maximum absolute atomic E-state index is 12.9. The van der Waals surface area contributed by atoms with Crippen LogP contribution in [-0.4, -0.2) is 22.0 Å². The lowest BCUT2D eigenvalue weighted by Gasteiger charge is -2.22. The average Bonchev–Trinajstić information content (AvgIpc) is 2.79. The molecule has 0 aromatic heterocycles. The second-order valence-electron chi connectivity index (χ2n) is 7.21. The van der Waals surface area contributed by atoms with Crippen LogP contribution in [0.25, 0.3) is 0 Å². The van der Waals surface area contributed by atoms with Gasteiger partial charge < -0.3 is 5.32 Å². The van der Waals surface area contributed by atoms with Gasteiger partial charge in [-0.1, -0.05) is 46.8 Å². The monoisotopic (exact) mass is 307 g/mol. The molecule has 4 atom stereocenters. The molecule has 0 spiro atoms. The minimum absolute atomic E-state index is 0.150. The van der Waals surface area contributed by atoms with Gasteiger partial charge >= 0.3 is 0 Å². The maximum atomic E-state index is 12.9. The van der Waals surface area contributed by atoms with Gasteiger partial charge in [-0.15, -0.1) is 0 Å². The van der Waals surface area contributed by atoms with Gasteiger partial charge in [0.1, 0.15) is 0 Å². The molecule has 0 bridgehead atoms. The highest BCUT2D eigenvalue weighted by Crippen LogP contribution is 2.33. The van der Waals surface area contributed by atoms with Crippen molar-refractivity contribution in [3.05, 3.63) is 29.8 Å². The van der Waals surface area contributed by atoms with Crippen LogP contribution >= 0.6 is 0 Å². The summed E-state index contributed by atoms with van der Waals surface area (Å²) in [7, 11) is -0.888. The molecule has 1 N–H and O–H groups in total. The molecule has 118 valence electrons. The van der Waals surface area contributed by atoms with E-state index in [0.717, 1.165) is 24.3 Å². The molecule has 2 rings (SSSR count). The van der Waals surface area contributed by atoms with Gasteiger partial charge in [-0.05, 0) is 48.4 Å². The predicted molar refractivity (Wildman–Crippen MR) is 91.2 cm³/mol. The summed E-state index contributed by atoms with van der Waals surface area (Å²) in [6.45, 7) is 12.0. The molecule has 0 amide bonds. The van der Waals surface area contributed by atoms with Gasteiger partial charge in [0.25, 0.3) is 0 Å². The molecule has 1 aliphatic rings. The van der Waals surface area contributed by atoms with Gasteiger partial charge in [0.2, 0.25) is 0 Å². The lowest BCUT2D eigenvalue weighted by molar-refractivity contribution is 0.438. The molecule has 1 aromatic carbocycles. The summed E-state index contributed by atoms with van der Waals surface area (Å²) in [6, 6.07) is 8.91. The fourth-order valence-electron chi connectivity index (χ4n) is 3.24. The summed E-state index contributed by atoms with van der Waals surface area (Å²) in [4.78, 5) is 0.983. The van der Waals surface area contributed by atoms with Crippen LogP contribution in [0.1, 0.15) is 53.0 Å². The quantitative estimate of drug-likeness (QED) is 0.915. The Morgan fingerprint density at radius 3 is 2.33 bits per heavy atom. The van der Waals surface area contributed by atoms with E-state index < -0.39 is 10.8 Å². The fourth-order valence-corrected chi connectivity index (χ4v) is 4.93. The third-order valence-corrected chi connectivity index (χ3v) is 6.63. The van der Waals surface area contributed by atoms with Crippen molar-refractivity contribution >= 4 is 10.8 Å². The summed E-state index contributed by atoms with van der Waals surface area (Å²) in [5.74, 6) is 0.480. The Morgan fingerprint density at radius 2 is 1.81 bits per heavy atom. The number of rotatable bonds is 4. The standard InChI is InChI=1S/C18H29NOS/c1-6-19-16-11-12-17(13(16)2)21(20)15-9-7-14(8-10-15)18(3,4)5/h7-10,13,16-17,19H,6,11-12H2,1-5H3. The summed E-state index contributed by atoms with van der Waals surface area (Å²) < 4.78 is 12.9. The average molecular weight is 308 g/mol. The molecule has 2 nitrogen and oxygen atoms in total. The zero-order chi connectivity index (χ0) is 15.6. The van der Waals surface area contributed by atoms with Crippen LogP contribution in [0.2, 0.25) is 0 Å². The molecule has 3 heteroatoms. The lowest BCUT2D eigenvalue weighted by Crippen LogP contribution is -2.34. The predicted octanol–water partition coefficient (Wildman–Crippen LogP) is 3.87. The van der Waals surface area contributed by atoms with E-state index >= 15 is 0 Å². The van der Waals surface area contributed by atoms with Crippen molar-refractivity contribution in [1.82, 2.24) is 5.32 Å². The molecule has 1 aromatic rings. The van der Waals surface area contributed by atoms with Crippen LogP contribution in [0.15, 0.2) is 29.2 Å². The highest BCUT2D eigenvalue weighted by atomic mass is 32.2. The molecular weight excluding hydrogens is 278 g/mol. The minimum atomic E-state index is -0.888. The first-order valence-electron chi connectivity index (χ1n) is 8.09. The van der Waals surface area contributed by atoms with Gasteiger partial charge in [-0.2, -0.15) is 0 Å². The SMILES string of the molecule is CCNC1CCC(S(=O)c2ccc(C(C)(C)C)cc2)C1C. The van der Waals surface area contributed by atoms with Gasteiger partial charge in [0.15, 0.2) is 0 Å². The van der Waals surface area contributed by atoms with Crippen molar-refractivity contribution in [2.45, 2.75) is 69.1 Å². The second kappa shape index (κ2) is 6.62. The molecule has 0 saturated heterocycles. The zero-order valence-electron chi connectivity index (χ0n) is 14.0. The minimum Gasteiger partial charge on any atom is -0.314 e. The van der Waals surface area contributed by atoms with Crippen LogP contribution in [0.4, 0.5) is 0 Å². The smallest absolute Gasteiger partial charge is 0.0564 e. The Balaban J connectivity index is 2.10. The Labute approximate surface area is 132 Å². The van der Waals surface area contributed by atoms with Crippen molar-refractivity contribution in [3.63, 3.8) is 0 Å². The van der Waals surface area contributed by atoms with E-state index in [1.807, 2.05) is 0 Å². The molecule has 21 heavy (non-hydrogen) atoms. The molecular formula is C18H29NOS. The highest BCUT2D eigenvalue weighted by molar-refractivity contribution is 7.85. The summed E-state index contributed by atoms with van der Waals surface area (Å²) >= 11 is 0. The van der Waals surface area contributed by atoms with Gasteiger partial charge in [0, 0.05) is 16.2 Å². The Bertz CT molecular complexity index is 489. The summed E-state index contributed by atoms with van der Waals surface area (Å²) in [6.07, 6.45) is 2.21. The third-order valence-electron chi connectivity index (χ3n) is 4.68. The van der Waals surface area contributed by atoms with Gasteiger partial charge in [0.05, 0.1) is 10.8 Å². The summed E-state index contributed by atoms with van der Waals surface area (Å²) in [5.41, 5.74) is 1.45. The van der Waals surface area contributed by atoms with E-state index in [0.29, 0.717) is 12.0 Å². The summed E-state index contributed by atoms with van der Waals surface area (Å²) in [5, 5.41) is 3.81. The molecule has 0 radical (unpaired) electrons. The van der Waals surface area contributed by atoms with Crippen LogP contribution in [0.5, 0.6) is 0 Å². The normalized spacial score (nSPS) is 27.8. The van der Waals surface area contributed by atoms with E-state index in [4.69, 9.17) is 0 Å². The highest BCUT2D eigenvalue weighted by Gasteiger charge is 2.36. The van der Waals surface area contributed by atoms with Crippen LogP contribution < -0.4 is 5.32 Å². The molecule has 0 aliphatic heterocycles. The number of benzene rings is 1. The van der Waals surface area contributed by atoms with Crippen molar-refractivity contribution in [2.75, 3.05) is 6.54 Å². The molecule has 1 aliphatic carbocycles. The molecule has 1 saturated carbocycles. The first kappa shape index (κ1) is 16.7. The Hall–Kier alpha value is -0.670. The Kier molecular flexibility index (Phi) is 5.26. The van der Waals surface area contributed by atoms with Crippen molar-refractivity contribution < 1.29 is 4.21 Å². The lowest BCUT2D eigenvalue weighted by atomic mass is 9.87. The van der Waals surface area contributed by atoms with Crippen molar-refractivity contribution in [3.8, 4) is 0 Å². The fraction of sp³-hybridized carbons (Fsp3) is 0.667.